The number of ether oxygens (including phenoxy) is 3. The van der Waals surface area contributed by atoms with Crippen LogP contribution in [0.15, 0.2) is 65.3 Å². The Bertz CT molecular complexity index is 1140. The third-order valence-corrected chi connectivity index (χ3v) is 6.98. The van der Waals surface area contributed by atoms with Crippen LogP contribution in [-0.4, -0.2) is 48.8 Å². The second-order valence-electron chi connectivity index (χ2n) is 7.90. The number of rotatable bonds is 10. The first-order valence-corrected chi connectivity index (χ1v) is 12.6. The zero-order chi connectivity index (χ0) is 24.6. The van der Waals surface area contributed by atoms with Gasteiger partial charge in [-0.2, -0.15) is 0 Å². The zero-order valence-corrected chi connectivity index (χ0v) is 20.9. The molecule has 1 fully saturated rings. The number of nitrogens with zero attached hydrogens (tertiary/aromatic N) is 1. The number of anilines is 1. The molecule has 0 aromatic heterocycles. The van der Waals surface area contributed by atoms with E-state index in [2.05, 4.69) is 21.0 Å². The highest BCUT2D eigenvalue weighted by Crippen LogP contribution is 2.27. The maximum atomic E-state index is 12.7. The fraction of sp³-hybridized carbons (Fsp3) is 0.360. The van der Waals surface area contributed by atoms with E-state index in [-0.39, 0.29) is 11.4 Å². The van der Waals surface area contributed by atoms with Crippen molar-refractivity contribution in [2.45, 2.75) is 20.4 Å². The monoisotopic (exact) mass is 487 g/mol. The summed E-state index contributed by atoms with van der Waals surface area (Å²) in [7, 11) is -0.566. The fourth-order valence-corrected chi connectivity index (χ4v) is 4.33. The lowest BCUT2D eigenvalue weighted by Gasteiger charge is -2.29. The number of sulfonamides is 1. The summed E-state index contributed by atoms with van der Waals surface area (Å²) in [4.78, 5) is 2.49. The van der Waals surface area contributed by atoms with Gasteiger partial charge in [-0.15, -0.1) is 0 Å². The molecule has 2 aromatic rings. The van der Waals surface area contributed by atoms with Gasteiger partial charge in [0, 0.05) is 44.5 Å². The van der Waals surface area contributed by atoms with Crippen LogP contribution in [0.4, 0.5) is 5.69 Å². The SMILES string of the molecule is COc1ccc(CNS(=O)(=O)/C(C)=C/C=C(\C)Oc2cccc(N3CCNCC3)c2)cc1OC. The summed E-state index contributed by atoms with van der Waals surface area (Å²) < 4.78 is 44.3. The number of allylic oxidation sites excluding steroid dienone is 4. The molecule has 1 heterocycles. The van der Waals surface area contributed by atoms with Gasteiger partial charge < -0.3 is 24.4 Å². The van der Waals surface area contributed by atoms with Crippen molar-refractivity contribution in [3.8, 4) is 17.2 Å². The Balaban J connectivity index is 1.61. The topological polar surface area (TPSA) is 89.1 Å². The molecule has 9 heteroatoms. The molecule has 0 atom stereocenters. The number of piperazine rings is 1. The first-order valence-electron chi connectivity index (χ1n) is 11.1. The average molecular weight is 488 g/mol. The van der Waals surface area contributed by atoms with Gasteiger partial charge in [0.2, 0.25) is 10.0 Å². The molecule has 0 unspecified atom stereocenters. The Morgan fingerprint density at radius 2 is 1.76 bits per heavy atom. The average Bonchev–Trinajstić information content (AvgIpc) is 2.86. The normalized spacial score (nSPS) is 15.2. The lowest BCUT2D eigenvalue weighted by Crippen LogP contribution is -2.43. The van der Waals surface area contributed by atoms with E-state index in [1.54, 1.807) is 45.2 Å². The molecule has 8 nitrogen and oxygen atoms in total. The molecule has 34 heavy (non-hydrogen) atoms. The minimum Gasteiger partial charge on any atom is -0.493 e. The Labute approximate surface area is 202 Å². The van der Waals surface area contributed by atoms with E-state index >= 15 is 0 Å². The van der Waals surface area contributed by atoms with Crippen LogP contribution in [0.3, 0.4) is 0 Å². The van der Waals surface area contributed by atoms with Gasteiger partial charge in [0.1, 0.15) is 11.5 Å². The fourth-order valence-electron chi connectivity index (χ4n) is 3.49. The van der Waals surface area contributed by atoms with E-state index in [1.807, 2.05) is 18.2 Å². The number of methoxy groups -OCH3 is 2. The molecule has 0 bridgehead atoms. The Morgan fingerprint density at radius 1 is 1.03 bits per heavy atom. The van der Waals surface area contributed by atoms with Crippen LogP contribution in [0.25, 0.3) is 0 Å². The summed E-state index contributed by atoms with van der Waals surface area (Å²) in [5.41, 5.74) is 1.87. The van der Waals surface area contributed by atoms with E-state index in [0.29, 0.717) is 23.0 Å². The predicted octanol–water partition coefficient (Wildman–Crippen LogP) is 3.42. The van der Waals surface area contributed by atoms with Crippen molar-refractivity contribution >= 4 is 15.7 Å². The third kappa shape index (κ3) is 6.99. The number of hydrogen-bond acceptors (Lipinski definition) is 7. The molecule has 184 valence electrons. The lowest BCUT2D eigenvalue weighted by atomic mass is 10.2. The van der Waals surface area contributed by atoms with Crippen LogP contribution in [0.1, 0.15) is 19.4 Å². The smallest absolute Gasteiger partial charge is 0.236 e. The summed E-state index contributed by atoms with van der Waals surface area (Å²) in [5.74, 6) is 2.43. The highest BCUT2D eigenvalue weighted by molar-refractivity contribution is 7.93. The highest BCUT2D eigenvalue weighted by Gasteiger charge is 2.14. The third-order valence-electron chi connectivity index (χ3n) is 5.47. The van der Waals surface area contributed by atoms with Gasteiger partial charge in [-0.05, 0) is 55.8 Å². The predicted molar refractivity (Wildman–Crippen MR) is 135 cm³/mol. The van der Waals surface area contributed by atoms with Gasteiger partial charge in [-0.25, -0.2) is 13.1 Å². The van der Waals surface area contributed by atoms with Gasteiger partial charge in [0.15, 0.2) is 11.5 Å². The molecule has 0 aliphatic carbocycles. The van der Waals surface area contributed by atoms with E-state index in [9.17, 15) is 8.42 Å². The second kappa shape index (κ2) is 11.9. The molecule has 3 rings (SSSR count). The Hall–Kier alpha value is -3.01. The van der Waals surface area contributed by atoms with E-state index < -0.39 is 10.0 Å². The van der Waals surface area contributed by atoms with Gasteiger partial charge in [-0.1, -0.05) is 12.1 Å². The van der Waals surface area contributed by atoms with Crippen molar-refractivity contribution in [2.75, 3.05) is 45.3 Å². The second-order valence-corrected chi connectivity index (χ2v) is 9.84. The van der Waals surface area contributed by atoms with Gasteiger partial charge in [0.25, 0.3) is 0 Å². The van der Waals surface area contributed by atoms with Crippen LogP contribution in [0.2, 0.25) is 0 Å². The molecule has 0 spiro atoms. The van der Waals surface area contributed by atoms with Crippen molar-refractivity contribution in [3.05, 3.63) is 70.8 Å². The van der Waals surface area contributed by atoms with Crippen molar-refractivity contribution in [2.24, 2.45) is 0 Å². The molecule has 1 aliphatic rings. The van der Waals surface area contributed by atoms with E-state index in [0.717, 1.165) is 37.4 Å². The summed E-state index contributed by atoms with van der Waals surface area (Å²) >= 11 is 0. The van der Waals surface area contributed by atoms with Crippen LogP contribution >= 0.6 is 0 Å². The molecule has 2 N–H and O–H groups in total. The molecular formula is C25H33N3O5S. The lowest BCUT2D eigenvalue weighted by molar-refractivity contribution is 0.354. The Kier molecular flexibility index (Phi) is 8.98. The van der Waals surface area contributed by atoms with Gasteiger partial charge >= 0.3 is 0 Å². The quantitative estimate of drug-likeness (QED) is 0.392. The maximum Gasteiger partial charge on any atom is 0.236 e. The summed E-state index contributed by atoms with van der Waals surface area (Å²) in [5, 5.41) is 3.35. The number of nitrogens with one attached hydrogen (secondary N) is 2. The summed E-state index contributed by atoms with van der Waals surface area (Å²) in [6.45, 7) is 7.30. The molecular weight excluding hydrogens is 454 g/mol. The van der Waals surface area contributed by atoms with Crippen LogP contribution < -0.4 is 29.1 Å². The van der Waals surface area contributed by atoms with Crippen LogP contribution in [0, 0.1) is 0 Å². The van der Waals surface area contributed by atoms with E-state index in [4.69, 9.17) is 14.2 Å². The minimum absolute atomic E-state index is 0.131. The first kappa shape index (κ1) is 25.6. The first-order chi connectivity index (χ1) is 16.3. The van der Waals surface area contributed by atoms with Crippen LogP contribution in [-0.2, 0) is 16.6 Å². The Morgan fingerprint density at radius 3 is 2.47 bits per heavy atom. The largest absolute Gasteiger partial charge is 0.493 e. The van der Waals surface area contributed by atoms with Crippen molar-refractivity contribution in [3.63, 3.8) is 0 Å². The van der Waals surface area contributed by atoms with E-state index in [1.165, 1.54) is 13.2 Å². The minimum atomic E-state index is -3.66. The summed E-state index contributed by atoms with van der Waals surface area (Å²) in [6.07, 6.45) is 3.19. The molecule has 0 radical (unpaired) electrons. The maximum absolute atomic E-state index is 12.7. The number of hydrogen-bond donors (Lipinski definition) is 2. The molecule has 2 aromatic carbocycles. The molecule has 0 saturated carbocycles. The molecule has 1 saturated heterocycles. The summed E-state index contributed by atoms with van der Waals surface area (Å²) in [6, 6.07) is 13.2. The van der Waals surface area contributed by atoms with Crippen LogP contribution in [0.5, 0.6) is 17.2 Å². The number of benzene rings is 2. The van der Waals surface area contributed by atoms with Gasteiger partial charge in [0.05, 0.1) is 19.1 Å². The van der Waals surface area contributed by atoms with Crippen molar-refractivity contribution < 1.29 is 22.6 Å². The standard InChI is InChI=1S/C25H33N3O5S/c1-19(33-23-7-5-6-22(17-23)28-14-12-26-13-15-28)8-9-20(2)34(29,30)27-18-21-10-11-24(31-3)25(16-21)32-4/h5-11,16-17,26-27H,12-15,18H2,1-4H3/b19-8+,20-9+. The van der Waals surface area contributed by atoms with Gasteiger partial charge in [-0.3, -0.25) is 0 Å². The zero-order valence-electron chi connectivity index (χ0n) is 20.1. The van der Waals surface area contributed by atoms with Crippen molar-refractivity contribution in [1.29, 1.82) is 0 Å². The highest BCUT2D eigenvalue weighted by atomic mass is 32.2. The van der Waals surface area contributed by atoms with Crippen molar-refractivity contribution in [1.82, 2.24) is 10.0 Å². The molecule has 1 aliphatic heterocycles. The molecule has 0 amide bonds.